The summed E-state index contributed by atoms with van der Waals surface area (Å²) < 4.78 is 6.30. The van der Waals surface area contributed by atoms with E-state index in [2.05, 4.69) is 21.2 Å². The van der Waals surface area contributed by atoms with Crippen molar-refractivity contribution >= 4 is 62.5 Å². The van der Waals surface area contributed by atoms with Gasteiger partial charge in [-0.05, 0) is 65.2 Å². The predicted molar refractivity (Wildman–Crippen MR) is 129 cm³/mol. The number of rotatable bonds is 10. The molecule has 1 atom stereocenters. The molecule has 0 saturated heterocycles. The van der Waals surface area contributed by atoms with Gasteiger partial charge in [-0.2, -0.15) is 0 Å². The van der Waals surface area contributed by atoms with Crippen LogP contribution in [-0.2, 0) is 16.1 Å². The van der Waals surface area contributed by atoms with Gasteiger partial charge >= 0.3 is 0 Å². The molecule has 0 aliphatic heterocycles. The van der Waals surface area contributed by atoms with Gasteiger partial charge in [0.15, 0.2) is 6.61 Å². The van der Waals surface area contributed by atoms with Crippen LogP contribution >= 0.6 is 50.7 Å². The van der Waals surface area contributed by atoms with Crippen LogP contribution in [0.3, 0.4) is 0 Å². The zero-order valence-electron chi connectivity index (χ0n) is 17.3. The fraction of sp³-hybridized carbons (Fsp3) is 0.364. The lowest BCUT2D eigenvalue weighted by Crippen LogP contribution is -2.49. The SMILES string of the molecule is CCCCNC(=O)[C@H](C)N(Cc1ccc(Cl)c(Cl)c1)C(=O)COc1ccc(Cl)cc1Br. The van der Waals surface area contributed by atoms with Crippen molar-refractivity contribution in [1.29, 1.82) is 0 Å². The van der Waals surface area contributed by atoms with E-state index in [-0.39, 0.29) is 25.0 Å². The maximum atomic E-state index is 13.0. The minimum Gasteiger partial charge on any atom is -0.483 e. The first kappa shape index (κ1) is 25.8. The van der Waals surface area contributed by atoms with E-state index in [1.165, 1.54) is 4.90 Å². The van der Waals surface area contributed by atoms with Crippen molar-refractivity contribution < 1.29 is 14.3 Å². The highest BCUT2D eigenvalue weighted by Gasteiger charge is 2.26. The zero-order valence-corrected chi connectivity index (χ0v) is 21.1. The van der Waals surface area contributed by atoms with Crippen LogP contribution in [0, 0.1) is 0 Å². The number of carbonyl (C=O) groups is 2. The molecule has 0 aliphatic carbocycles. The van der Waals surface area contributed by atoms with Crippen molar-refractivity contribution in [2.45, 2.75) is 39.3 Å². The van der Waals surface area contributed by atoms with Gasteiger partial charge in [-0.15, -0.1) is 0 Å². The van der Waals surface area contributed by atoms with Gasteiger partial charge in [0.25, 0.3) is 5.91 Å². The Morgan fingerprint density at radius 1 is 1.13 bits per heavy atom. The van der Waals surface area contributed by atoms with E-state index >= 15 is 0 Å². The van der Waals surface area contributed by atoms with Crippen LogP contribution in [0.5, 0.6) is 5.75 Å². The van der Waals surface area contributed by atoms with Crippen molar-refractivity contribution in [3.8, 4) is 5.75 Å². The predicted octanol–water partition coefficient (Wildman–Crippen LogP) is 6.12. The van der Waals surface area contributed by atoms with Crippen molar-refractivity contribution in [1.82, 2.24) is 10.2 Å². The van der Waals surface area contributed by atoms with E-state index in [4.69, 9.17) is 39.5 Å². The third-order valence-corrected chi connectivity index (χ3v) is 6.17. The fourth-order valence-corrected chi connectivity index (χ4v) is 3.89. The number of halogens is 4. The second kappa shape index (κ2) is 12.5. The molecule has 0 aliphatic rings. The van der Waals surface area contributed by atoms with E-state index in [0.717, 1.165) is 18.4 Å². The summed E-state index contributed by atoms with van der Waals surface area (Å²) >= 11 is 21.4. The van der Waals surface area contributed by atoms with E-state index in [9.17, 15) is 9.59 Å². The smallest absolute Gasteiger partial charge is 0.261 e. The molecule has 31 heavy (non-hydrogen) atoms. The molecule has 0 fully saturated rings. The van der Waals surface area contributed by atoms with Gasteiger partial charge in [0, 0.05) is 18.1 Å². The molecular formula is C22H24BrCl3N2O3. The Balaban J connectivity index is 2.17. The molecule has 0 radical (unpaired) electrons. The van der Waals surface area contributed by atoms with Crippen LogP contribution in [0.1, 0.15) is 32.3 Å². The zero-order chi connectivity index (χ0) is 23.0. The molecule has 2 rings (SSSR count). The average Bonchev–Trinajstić information content (AvgIpc) is 2.73. The van der Waals surface area contributed by atoms with Crippen LogP contribution in [0.25, 0.3) is 0 Å². The largest absolute Gasteiger partial charge is 0.483 e. The Kier molecular flexibility index (Phi) is 10.4. The molecule has 2 amide bonds. The van der Waals surface area contributed by atoms with E-state index < -0.39 is 6.04 Å². The van der Waals surface area contributed by atoms with Gasteiger partial charge in [-0.3, -0.25) is 9.59 Å². The molecule has 0 unspecified atom stereocenters. The lowest BCUT2D eigenvalue weighted by atomic mass is 10.1. The molecule has 2 aromatic rings. The number of hydrogen-bond acceptors (Lipinski definition) is 3. The van der Waals surface area contributed by atoms with Gasteiger partial charge in [-0.1, -0.05) is 54.2 Å². The number of carbonyl (C=O) groups excluding carboxylic acids is 2. The number of hydrogen-bond donors (Lipinski definition) is 1. The Hall–Kier alpha value is -1.47. The van der Waals surface area contributed by atoms with Crippen LogP contribution in [0.15, 0.2) is 40.9 Å². The molecule has 1 N–H and O–H groups in total. The van der Waals surface area contributed by atoms with Crippen molar-refractivity contribution in [2.75, 3.05) is 13.2 Å². The van der Waals surface area contributed by atoms with Gasteiger partial charge in [0.2, 0.25) is 5.91 Å². The first-order chi connectivity index (χ1) is 14.7. The molecule has 0 heterocycles. The Morgan fingerprint density at radius 2 is 1.87 bits per heavy atom. The van der Waals surface area contributed by atoms with Crippen molar-refractivity contribution in [3.63, 3.8) is 0 Å². The standard InChI is InChI=1S/C22H24BrCl3N2O3/c1-3-4-9-27-22(30)14(2)28(12-15-5-7-18(25)19(26)10-15)21(29)13-31-20-8-6-16(24)11-17(20)23/h5-8,10-11,14H,3-4,9,12-13H2,1-2H3,(H,27,30)/t14-/m0/s1. The first-order valence-electron chi connectivity index (χ1n) is 9.81. The minimum atomic E-state index is -0.698. The Morgan fingerprint density at radius 3 is 2.52 bits per heavy atom. The molecule has 0 bridgehead atoms. The molecule has 9 heteroatoms. The van der Waals surface area contributed by atoms with Crippen LogP contribution in [-0.4, -0.2) is 35.9 Å². The van der Waals surface area contributed by atoms with E-state index in [1.807, 2.05) is 6.92 Å². The highest BCUT2D eigenvalue weighted by molar-refractivity contribution is 9.10. The highest BCUT2D eigenvalue weighted by atomic mass is 79.9. The molecule has 168 valence electrons. The molecular weight excluding hydrogens is 527 g/mol. The topological polar surface area (TPSA) is 58.6 Å². The minimum absolute atomic E-state index is 0.184. The number of nitrogens with zero attached hydrogens (tertiary/aromatic N) is 1. The Labute approximate surface area is 206 Å². The van der Waals surface area contributed by atoms with E-state index in [1.54, 1.807) is 43.3 Å². The molecule has 0 aromatic heterocycles. The lowest BCUT2D eigenvalue weighted by Gasteiger charge is -2.29. The summed E-state index contributed by atoms with van der Waals surface area (Å²) in [6.45, 7) is 4.23. The second-order valence-electron chi connectivity index (χ2n) is 6.95. The van der Waals surface area contributed by atoms with Crippen molar-refractivity contribution in [3.05, 3.63) is 61.5 Å². The number of ether oxygens (including phenoxy) is 1. The number of benzene rings is 2. The molecule has 2 aromatic carbocycles. The summed E-state index contributed by atoms with van der Waals surface area (Å²) in [4.78, 5) is 27.1. The molecule has 5 nitrogen and oxygen atoms in total. The summed E-state index contributed by atoms with van der Waals surface area (Å²) in [6.07, 6.45) is 1.83. The summed E-state index contributed by atoms with van der Waals surface area (Å²) in [7, 11) is 0. The third kappa shape index (κ3) is 7.86. The van der Waals surface area contributed by atoms with E-state index in [0.29, 0.717) is 31.8 Å². The summed E-state index contributed by atoms with van der Waals surface area (Å²) in [6, 6.07) is 9.44. The highest BCUT2D eigenvalue weighted by Crippen LogP contribution is 2.28. The van der Waals surface area contributed by atoms with Crippen molar-refractivity contribution in [2.24, 2.45) is 0 Å². The van der Waals surface area contributed by atoms with Crippen LogP contribution in [0.4, 0.5) is 0 Å². The third-order valence-electron chi connectivity index (χ3n) is 4.58. The molecule has 0 saturated carbocycles. The maximum Gasteiger partial charge on any atom is 0.261 e. The normalized spacial score (nSPS) is 11.7. The van der Waals surface area contributed by atoms with Crippen LogP contribution in [0.2, 0.25) is 15.1 Å². The van der Waals surface area contributed by atoms with Gasteiger partial charge in [0.1, 0.15) is 11.8 Å². The summed E-state index contributed by atoms with van der Waals surface area (Å²) in [5.74, 6) is -0.0899. The second-order valence-corrected chi connectivity index (χ2v) is 9.06. The quantitative estimate of drug-likeness (QED) is 0.363. The Bertz CT molecular complexity index is 927. The first-order valence-corrected chi connectivity index (χ1v) is 11.7. The van der Waals surface area contributed by atoms with Gasteiger partial charge in [0.05, 0.1) is 14.5 Å². The molecule has 0 spiro atoms. The summed E-state index contributed by atoms with van der Waals surface area (Å²) in [5.41, 5.74) is 0.753. The lowest BCUT2D eigenvalue weighted by molar-refractivity contribution is -0.142. The maximum absolute atomic E-state index is 13.0. The number of unbranched alkanes of at least 4 members (excludes halogenated alkanes) is 1. The van der Waals surface area contributed by atoms with Gasteiger partial charge in [-0.25, -0.2) is 0 Å². The fourth-order valence-electron chi connectivity index (χ4n) is 2.77. The average molecular weight is 551 g/mol. The van der Waals surface area contributed by atoms with Crippen LogP contribution < -0.4 is 10.1 Å². The monoisotopic (exact) mass is 548 g/mol. The number of amides is 2. The van der Waals surface area contributed by atoms with Gasteiger partial charge < -0.3 is 15.0 Å². The summed E-state index contributed by atoms with van der Waals surface area (Å²) in [5, 5.41) is 4.22. The number of nitrogens with one attached hydrogen (secondary N) is 1.